The molecule has 1 aromatic carbocycles. The Morgan fingerprint density at radius 1 is 1.38 bits per heavy atom. The topological polar surface area (TPSA) is 52.6 Å². The number of carbonyl (C=O) groups is 1. The summed E-state index contributed by atoms with van der Waals surface area (Å²) in [5, 5.41) is 11.8. The molecule has 2 N–H and O–H groups in total. The molecule has 21 heavy (non-hydrogen) atoms. The minimum atomic E-state index is -0.204. The summed E-state index contributed by atoms with van der Waals surface area (Å²) in [5.41, 5.74) is 2.29. The summed E-state index contributed by atoms with van der Waals surface area (Å²) in [7, 11) is 0. The fourth-order valence-corrected chi connectivity index (χ4v) is 2.52. The molecule has 0 saturated carbocycles. The standard InChI is InChI=1S/C17H22N2O2/c1-14-6-7-16(15(13-14)5-4-12-20)17(21)18-8-11-19-9-2-3-10-19/h6-7,13,20H,2-3,8-12H2,1H3,(H,18,21). The van der Waals surface area contributed by atoms with Crippen LogP contribution in [0, 0.1) is 18.8 Å². The molecular weight excluding hydrogens is 264 g/mol. The van der Waals surface area contributed by atoms with Crippen LogP contribution in [-0.4, -0.2) is 48.7 Å². The first-order valence-electron chi connectivity index (χ1n) is 7.41. The number of rotatable bonds is 4. The van der Waals surface area contributed by atoms with Gasteiger partial charge in [0, 0.05) is 18.7 Å². The molecule has 0 aromatic heterocycles. The molecule has 2 rings (SSSR count). The number of likely N-dealkylation sites (tertiary alicyclic amines) is 1. The highest BCUT2D eigenvalue weighted by molar-refractivity contribution is 5.96. The van der Waals surface area contributed by atoms with Crippen LogP contribution in [0.25, 0.3) is 0 Å². The second-order valence-electron chi connectivity index (χ2n) is 5.31. The molecule has 112 valence electrons. The van der Waals surface area contributed by atoms with Crippen molar-refractivity contribution in [2.75, 3.05) is 32.8 Å². The van der Waals surface area contributed by atoms with Gasteiger partial charge < -0.3 is 15.3 Å². The maximum Gasteiger partial charge on any atom is 0.252 e. The monoisotopic (exact) mass is 286 g/mol. The molecule has 1 saturated heterocycles. The molecule has 1 heterocycles. The number of nitrogens with zero attached hydrogens (tertiary/aromatic N) is 1. The van der Waals surface area contributed by atoms with Crippen LogP contribution in [-0.2, 0) is 0 Å². The Morgan fingerprint density at radius 3 is 2.86 bits per heavy atom. The van der Waals surface area contributed by atoms with E-state index in [0.29, 0.717) is 17.7 Å². The minimum Gasteiger partial charge on any atom is -0.384 e. The summed E-state index contributed by atoms with van der Waals surface area (Å²) in [6, 6.07) is 5.57. The maximum absolute atomic E-state index is 12.3. The van der Waals surface area contributed by atoms with Gasteiger partial charge in [0.15, 0.2) is 0 Å². The zero-order valence-corrected chi connectivity index (χ0v) is 12.5. The largest absolute Gasteiger partial charge is 0.384 e. The molecule has 1 aromatic rings. The number of aryl methyl sites for hydroxylation is 1. The van der Waals surface area contributed by atoms with Crippen LogP contribution in [0.2, 0.25) is 0 Å². The average Bonchev–Trinajstić information content (AvgIpc) is 2.98. The lowest BCUT2D eigenvalue weighted by atomic mass is 10.0. The van der Waals surface area contributed by atoms with Crippen molar-refractivity contribution >= 4 is 5.91 Å². The van der Waals surface area contributed by atoms with Crippen molar-refractivity contribution in [1.29, 1.82) is 0 Å². The Balaban J connectivity index is 1.97. The predicted molar refractivity (Wildman–Crippen MR) is 83.2 cm³/mol. The van der Waals surface area contributed by atoms with Crippen LogP contribution in [0.1, 0.15) is 34.3 Å². The number of nitrogens with one attached hydrogen (secondary N) is 1. The third-order valence-electron chi connectivity index (χ3n) is 3.63. The van der Waals surface area contributed by atoms with Crippen LogP contribution in [0.3, 0.4) is 0 Å². The molecular formula is C17H22N2O2. The quantitative estimate of drug-likeness (QED) is 0.817. The molecule has 1 aliphatic heterocycles. The van der Waals surface area contributed by atoms with Gasteiger partial charge in [0.2, 0.25) is 0 Å². The summed E-state index contributed by atoms with van der Waals surface area (Å²) in [6.07, 6.45) is 2.51. The second-order valence-corrected chi connectivity index (χ2v) is 5.31. The minimum absolute atomic E-state index is 0.101. The van der Waals surface area contributed by atoms with E-state index >= 15 is 0 Å². The lowest BCUT2D eigenvalue weighted by molar-refractivity contribution is 0.0949. The number of benzene rings is 1. The Morgan fingerprint density at radius 2 is 2.14 bits per heavy atom. The van der Waals surface area contributed by atoms with Gasteiger partial charge in [0.25, 0.3) is 5.91 Å². The van der Waals surface area contributed by atoms with E-state index in [4.69, 9.17) is 5.11 Å². The van der Waals surface area contributed by atoms with Crippen LogP contribution in [0.15, 0.2) is 18.2 Å². The van der Waals surface area contributed by atoms with Crippen LogP contribution in [0.4, 0.5) is 0 Å². The lowest BCUT2D eigenvalue weighted by Gasteiger charge is -2.15. The highest BCUT2D eigenvalue weighted by Crippen LogP contribution is 2.11. The first-order chi connectivity index (χ1) is 10.2. The van der Waals surface area contributed by atoms with Gasteiger partial charge in [-0.15, -0.1) is 0 Å². The SMILES string of the molecule is Cc1ccc(C(=O)NCCN2CCCC2)c(C#CCO)c1. The van der Waals surface area contributed by atoms with E-state index in [-0.39, 0.29) is 12.5 Å². The van der Waals surface area contributed by atoms with Crippen molar-refractivity contribution in [2.24, 2.45) is 0 Å². The number of hydrogen-bond acceptors (Lipinski definition) is 3. The summed E-state index contributed by atoms with van der Waals surface area (Å²) >= 11 is 0. The van der Waals surface area contributed by atoms with Gasteiger partial charge in [0.05, 0.1) is 5.56 Å². The van der Waals surface area contributed by atoms with Gasteiger partial charge >= 0.3 is 0 Å². The smallest absolute Gasteiger partial charge is 0.252 e. The van der Waals surface area contributed by atoms with E-state index < -0.39 is 0 Å². The van der Waals surface area contributed by atoms with E-state index in [1.165, 1.54) is 12.8 Å². The number of aliphatic hydroxyl groups is 1. The van der Waals surface area contributed by atoms with Crippen LogP contribution >= 0.6 is 0 Å². The van der Waals surface area contributed by atoms with Gasteiger partial charge in [-0.25, -0.2) is 0 Å². The normalized spacial score (nSPS) is 14.6. The van der Waals surface area contributed by atoms with Gasteiger partial charge in [-0.1, -0.05) is 17.9 Å². The van der Waals surface area contributed by atoms with Crippen molar-refractivity contribution in [2.45, 2.75) is 19.8 Å². The molecule has 0 unspecified atom stereocenters. The first-order valence-corrected chi connectivity index (χ1v) is 7.41. The summed E-state index contributed by atoms with van der Waals surface area (Å²) in [4.78, 5) is 14.6. The zero-order chi connectivity index (χ0) is 15.1. The van der Waals surface area contributed by atoms with Crippen molar-refractivity contribution in [3.05, 3.63) is 34.9 Å². The Kier molecular flexibility index (Phi) is 5.79. The summed E-state index contributed by atoms with van der Waals surface area (Å²) in [6.45, 7) is 5.57. The molecule has 1 aliphatic rings. The molecule has 4 heteroatoms. The molecule has 0 atom stereocenters. The Bertz CT molecular complexity index is 552. The predicted octanol–water partition coefficient (Wildman–Crippen LogP) is 1.16. The van der Waals surface area contributed by atoms with E-state index in [0.717, 1.165) is 25.2 Å². The van der Waals surface area contributed by atoms with Crippen LogP contribution in [0.5, 0.6) is 0 Å². The fraction of sp³-hybridized carbons (Fsp3) is 0.471. The number of aliphatic hydroxyl groups excluding tert-OH is 1. The van der Waals surface area contributed by atoms with E-state index in [2.05, 4.69) is 22.1 Å². The maximum atomic E-state index is 12.3. The summed E-state index contributed by atoms with van der Waals surface area (Å²) in [5.74, 6) is 5.35. The van der Waals surface area contributed by atoms with E-state index in [1.807, 2.05) is 19.1 Å². The molecule has 0 spiro atoms. The van der Waals surface area contributed by atoms with Crippen LogP contribution < -0.4 is 5.32 Å². The molecule has 0 bridgehead atoms. The highest BCUT2D eigenvalue weighted by Gasteiger charge is 2.13. The molecule has 0 radical (unpaired) electrons. The third kappa shape index (κ3) is 4.59. The highest BCUT2D eigenvalue weighted by atomic mass is 16.2. The van der Waals surface area contributed by atoms with E-state index in [9.17, 15) is 4.79 Å². The number of carbonyl (C=O) groups excluding carboxylic acids is 1. The molecule has 4 nitrogen and oxygen atoms in total. The van der Waals surface area contributed by atoms with Crippen molar-refractivity contribution in [3.63, 3.8) is 0 Å². The van der Waals surface area contributed by atoms with Gasteiger partial charge in [0.1, 0.15) is 6.61 Å². The van der Waals surface area contributed by atoms with Crippen molar-refractivity contribution in [3.8, 4) is 11.8 Å². The first kappa shape index (κ1) is 15.6. The van der Waals surface area contributed by atoms with Gasteiger partial charge in [-0.05, 0) is 50.6 Å². The van der Waals surface area contributed by atoms with E-state index in [1.54, 1.807) is 6.07 Å². The fourth-order valence-electron chi connectivity index (χ4n) is 2.52. The number of amides is 1. The third-order valence-corrected chi connectivity index (χ3v) is 3.63. The van der Waals surface area contributed by atoms with Gasteiger partial charge in [-0.3, -0.25) is 4.79 Å². The zero-order valence-electron chi connectivity index (χ0n) is 12.5. The average molecular weight is 286 g/mol. The van der Waals surface area contributed by atoms with Crippen molar-refractivity contribution < 1.29 is 9.90 Å². The second kappa shape index (κ2) is 7.82. The Labute approximate surface area is 126 Å². The lowest BCUT2D eigenvalue weighted by Crippen LogP contribution is -2.33. The molecule has 1 amide bonds. The van der Waals surface area contributed by atoms with Crippen molar-refractivity contribution in [1.82, 2.24) is 10.2 Å². The Hall–Kier alpha value is -1.83. The summed E-state index contributed by atoms with van der Waals surface area (Å²) < 4.78 is 0. The van der Waals surface area contributed by atoms with Gasteiger partial charge in [-0.2, -0.15) is 0 Å². The molecule has 0 aliphatic carbocycles. The number of hydrogen-bond donors (Lipinski definition) is 2. The molecule has 1 fully saturated rings.